The zero-order chi connectivity index (χ0) is 16.8. The molecule has 0 unspecified atom stereocenters. The molecule has 0 spiro atoms. The van der Waals surface area contributed by atoms with Crippen molar-refractivity contribution in [2.75, 3.05) is 25.1 Å². The van der Waals surface area contributed by atoms with Gasteiger partial charge in [-0.25, -0.2) is 4.99 Å². The molecule has 2 aromatic rings. The number of ether oxygens (including phenoxy) is 1. The Bertz CT molecular complexity index is 712. The van der Waals surface area contributed by atoms with Crippen molar-refractivity contribution < 1.29 is 4.74 Å². The van der Waals surface area contributed by atoms with E-state index in [1.807, 2.05) is 6.07 Å². The van der Waals surface area contributed by atoms with E-state index >= 15 is 0 Å². The Morgan fingerprint density at radius 3 is 2.67 bits per heavy atom. The molecule has 1 heterocycles. The number of anilines is 1. The maximum atomic E-state index is 5.29. The molecule has 0 fully saturated rings. The molecule has 0 atom stereocenters. The molecule has 4 heteroatoms. The number of rotatable bonds is 5. The molecular weight excluding hydrogens is 298 g/mol. The van der Waals surface area contributed by atoms with Crippen LogP contribution in [0.4, 0.5) is 5.69 Å². The van der Waals surface area contributed by atoms with Crippen LogP contribution in [-0.2, 0) is 24.3 Å². The van der Waals surface area contributed by atoms with E-state index in [-0.39, 0.29) is 0 Å². The maximum Gasteiger partial charge on any atom is 0.198 e. The second-order valence-corrected chi connectivity index (χ2v) is 5.90. The van der Waals surface area contributed by atoms with Crippen molar-refractivity contribution in [3.63, 3.8) is 0 Å². The minimum atomic E-state index is 0.620. The van der Waals surface area contributed by atoms with Gasteiger partial charge in [-0.3, -0.25) is 0 Å². The van der Waals surface area contributed by atoms with E-state index in [0.29, 0.717) is 13.2 Å². The summed E-state index contributed by atoms with van der Waals surface area (Å²) in [6, 6.07) is 16.9. The topological polar surface area (TPSA) is 36.9 Å². The van der Waals surface area contributed by atoms with Crippen LogP contribution in [0.25, 0.3) is 0 Å². The first-order valence-electron chi connectivity index (χ1n) is 8.53. The van der Waals surface area contributed by atoms with E-state index < -0.39 is 0 Å². The summed E-state index contributed by atoms with van der Waals surface area (Å²) >= 11 is 0. The predicted molar refractivity (Wildman–Crippen MR) is 99.5 cm³/mol. The van der Waals surface area contributed by atoms with Crippen LogP contribution in [0.3, 0.4) is 0 Å². The van der Waals surface area contributed by atoms with Crippen LogP contribution in [0.15, 0.2) is 53.5 Å². The molecule has 1 aliphatic heterocycles. The predicted octanol–water partition coefficient (Wildman–Crippen LogP) is 3.36. The molecule has 4 nitrogen and oxygen atoms in total. The molecule has 0 aromatic heterocycles. The molecule has 0 saturated carbocycles. The molecule has 0 saturated heterocycles. The fourth-order valence-corrected chi connectivity index (χ4v) is 3.12. The van der Waals surface area contributed by atoms with Crippen LogP contribution in [0.5, 0.6) is 0 Å². The molecular formula is C20H25N3O. The van der Waals surface area contributed by atoms with Crippen LogP contribution in [0, 0.1) is 0 Å². The summed E-state index contributed by atoms with van der Waals surface area (Å²) < 4.78 is 5.29. The van der Waals surface area contributed by atoms with Gasteiger partial charge >= 0.3 is 0 Å². The van der Waals surface area contributed by atoms with Crippen LogP contribution < -0.4 is 10.2 Å². The molecule has 3 rings (SSSR count). The largest absolute Gasteiger partial charge is 0.380 e. The molecule has 0 radical (unpaired) electrons. The van der Waals surface area contributed by atoms with Crippen molar-refractivity contribution in [1.29, 1.82) is 0 Å². The molecule has 0 amide bonds. The summed E-state index contributed by atoms with van der Waals surface area (Å²) in [6.07, 6.45) is 1.07. The van der Waals surface area contributed by atoms with E-state index in [1.165, 1.54) is 22.4 Å². The zero-order valence-electron chi connectivity index (χ0n) is 14.5. The number of hydrogen-bond donors (Lipinski definition) is 1. The molecule has 126 valence electrons. The van der Waals surface area contributed by atoms with Crippen molar-refractivity contribution in [3.05, 3.63) is 65.2 Å². The lowest BCUT2D eigenvalue weighted by Crippen LogP contribution is -2.40. The Kier molecular flexibility index (Phi) is 5.49. The fraction of sp³-hybridized carbons (Fsp3) is 0.350. The van der Waals surface area contributed by atoms with Crippen molar-refractivity contribution in [3.8, 4) is 0 Å². The zero-order valence-corrected chi connectivity index (χ0v) is 14.5. The molecule has 1 aliphatic rings. The van der Waals surface area contributed by atoms with Gasteiger partial charge in [-0.15, -0.1) is 0 Å². The lowest BCUT2D eigenvalue weighted by atomic mass is 10.1. The maximum absolute atomic E-state index is 5.29. The third kappa shape index (κ3) is 3.60. The number of guanidine groups is 1. The Labute approximate surface area is 144 Å². The van der Waals surface area contributed by atoms with Crippen molar-refractivity contribution >= 4 is 11.6 Å². The summed E-state index contributed by atoms with van der Waals surface area (Å²) in [5.41, 5.74) is 5.06. The Balaban J connectivity index is 1.83. The standard InChI is InChI=1S/C20H25N3O/c1-3-21-20(23-13-12-16-8-6-7-11-19(16)23)22-14-17-9-4-5-10-18(17)15-24-2/h4-11H,3,12-15H2,1-2H3,(H,21,22). The van der Waals surface area contributed by atoms with Crippen LogP contribution in [0.1, 0.15) is 23.6 Å². The van der Waals surface area contributed by atoms with E-state index in [0.717, 1.165) is 25.5 Å². The first kappa shape index (κ1) is 16.5. The highest BCUT2D eigenvalue weighted by atomic mass is 16.5. The summed E-state index contributed by atoms with van der Waals surface area (Å²) in [6.45, 7) is 5.22. The van der Waals surface area contributed by atoms with Crippen molar-refractivity contribution in [2.45, 2.75) is 26.5 Å². The molecule has 0 bridgehead atoms. The van der Waals surface area contributed by atoms with Gasteiger partial charge in [-0.2, -0.15) is 0 Å². The lowest BCUT2D eigenvalue weighted by molar-refractivity contribution is 0.184. The molecule has 1 N–H and O–H groups in total. The first-order valence-corrected chi connectivity index (χ1v) is 8.53. The minimum Gasteiger partial charge on any atom is -0.380 e. The van der Waals surface area contributed by atoms with Crippen LogP contribution >= 0.6 is 0 Å². The second-order valence-electron chi connectivity index (χ2n) is 5.90. The summed E-state index contributed by atoms with van der Waals surface area (Å²) in [7, 11) is 1.73. The second kappa shape index (κ2) is 7.97. The first-order chi connectivity index (χ1) is 11.8. The highest BCUT2D eigenvalue weighted by Gasteiger charge is 2.22. The Hall–Kier alpha value is -2.33. The fourth-order valence-electron chi connectivity index (χ4n) is 3.12. The average molecular weight is 323 g/mol. The van der Waals surface area contributed by atoms with Crippen LogP contribution in [0.2, 0.25) is 0 Å². The number of methoxy groups -OCH3 is 1. The van der Waals surface area contributed by atoms with E-state index in [1.54, 1.807) is 7.11 Å². The van der Waals surface area contributed by atoms with E-state index in [2.05, 4.69) is 59.6 Å². The van der Waals surface area contributed by atoms with E-state index in [4.69, 9.17) is 9.73 Å². The molecule has 0 aliphatic carbocycles. The summed E-state index contributed by atoms with van der Waals surface area (Å²) in [5.74, 6) is 0.953. The SMILES string of the molecule is CCNC(=NCc1ccccc1COC)N1CCc2ccccc21. The highest BCUT2D eigenvalue weighted by Crippen LogP contribution is 2.27. The van der Waals surface area contributed by atoms with Gasteiger partial charge in [-0.05, 0) is 36.1 Å². The smallest absolute Gasteiger partial charge is 0.198 e. The average Bonchev–Trinajstić information content (AvgIpc) is 3.04. The number of nitrogens with one attached hydrogen (secondary N) is 1. The highest BCUT2D eigenvalue weighted by molar-refractivity contribution is 5.97. The van der Waals surface area contributed by atoms with Gasteiger partial charge in [0.15, 0.2) is 5.96 Å². The van der Waals surface area contributed by atoms with Gasteiger partial charge in [0.1, 0.15) is 0 Å². The molecule has 24 heavy (non-hydrogen) atoms. The normalized spacial score (nSPS) is 13.9. The number of fused-ring (bicyclic) bond motifs is 1. The molecule has 2 aromatic carbocycles. The third-order valence-corrected chi connectivity index (χ3v) is 4.30. The number of benzene rings is 2. The van der Waals surface area contributed by atoms with Gasteiger partial charge in [0.2, 0.25) is 0 Å². The minimum absolute atomic E-state index is 0.620. The quantitative estimate of drug-likeness (QED) is 0.677. The number of nitrogens with zero attached hydrogens (tertiary/aromatic N) is 2. The summed E-state index contributed by atoms with van der Waals surface area (Å²) in [4.78, 5) is 7.17. The lowest BCUT2D eigenvalue weighted by Gasteiger charge is -2.22. The van der Waals surface area contributed by atoms with Crippen molar-refractivity contribution in [1.82, 2.24) is 5.32 Å². The monoisotopic (exact) mass is 323 g/mol. The van der Waals surface area contributed by atoms with Gasteiger partial charge < -0.3 is 15.0 Å². The number of aliphatic imine (C=N–C) groups is 1. The van der Waals surface area contributed by atoms with Crippen molar-refractivity contribution in [2.24, 2.45) is 4.99 Å². The van der Waals surface area contributed by atoms with E-state index in [9.17, 15) is 0 Å². The number of para-hydroxylation sites is 1. The third-order valence-electron chi connectivity index (χ3n) is 4.30. The Morgan fingerprint density at radius 1 is 1.12 bits per heavy atom. The van der Waals surface area contributed by atoms with Crippen LogP contribution in [-0.4, -0.2) is 26.2 Å². The van der Waals surface area contributed by atoms with Gasteiger partial charge in [0.05, 0.1) is 13.2 Å². The number of hydrogen-bond acceptors (Lipinski definition) is 2. The van der Waals surface area contributed by atoms with Gasteiger partial charge in [-0.1, -0.05) is 42.5 Å². The van der Waals surface area contributed by atoms with Gasteiger partial charge in [0.25, 0.3) is 0 Å². The Morgan fingerprint density at radius 2 is 1.88 bits per heavy atom. The van der Waals surface area contributed by atoms with Gasteiger partial charge in [0, 0.05) is 25.9 Å². The summed E-state index contributed by atoms with van der Waals surface area (Å²) in [5, 5.41) is 3.43.